The first kappa shape index (κ1) is 9.79. The van der Waals surface area contributed by atoms with Crippen LogP contribution in [0.1, 0.15) is 12.6 Å². The van der Waals surface area contributed by atoms with Crippen LogP contribution in [0.3, 0.4) is 0 Å². The van der Waals surface area contributed by atoms with Crippen molar-refractivity contribution >= 4 is 0 Å². The normalized spacial score (nSPS) is 10.5. The highest BCUT2D eigenvalue weighted by molar-refractivity contribution is 5.56. The zero-order valence-electron chi connectivity index (χ0n) is 8.59. The van der Waals surface area contributed by atoms with Gasteiger partial charge in [-0.05, 0) is 19.1 Å². The Labute approximate surface area is 87.9 Å². The minimum Gasteiger partial charge on any atom is -0.325 e. The number of aryl methyl sites for hydroxylation is 1. The van der Waals surface area contributed by atoms with Gasteiger partial charge in [-0.3, -0.25) is 4.98 Å². The van der Waals surface area contributed by atoms with Gasteiger partial charge in [0.1, 0.15) is 11.4 Å². The molecule has 15 heavy (non-hydrogen) atoms. The van der Waals surface area contributed by atoms with E-state index in [1.54, 1.807) is 6.20 Å². The lowest BCUT2D eigenvalue weighted by Gasteiger charge is -2.03. The van der Waals surface area contributed by atoms with Crippen molar-refractivity contribution in [2.24, 2.45) is 5.73 Å². The molecular formula is C10H13N5. The van der Waals surface area contributed by atoms with E-state index in [1.807, 2.05) is 29.8 Å². The van der Waals surface area contributed by atoms with E-state index in [-0.39, 0.29) is 0 Å². The summed E-state index contributed by atoms with van der Waals surface area (Å²) in [6, 6.07) is 5.76. The highest BCUT2D eigenvalue weighted by atomic mass is 15.4. The Morgan fingerprint density at radius 2 is 2.27 bits per heavy atom. The Balaban J connectivity index is 2.55. The summed E-state index contributed by atoms with van der Waals surface area (Å²) in [6.45, 7) is 3.16. The Morgan fingerprint density at radius 1 is 1.40 bits per heavy atom. The second kappa shape index (κ2) is 4.18. The van der Waals surface area contributed by atoms with E-state index in [0.29, 0.717) is 6.54 Å². The minimum absolute atomic E-state index is 0.381. The van der Waals surface area contributed by atoms with Gasteiger partial charge in [0, 0.05) is 19.3 Å². The molecule has 0 fully saturated rings. The van der Waals surface area contributed by atoms with Gasteiger partial charge < -0.3 is 5.73 Å². The molecule has 0 spiro atoms. The smallest absolute Gasteiger partial charge is 0.111 e. The van der Waals surface area contributed by atoms with Crippen molar-refractivity contribution in [2.75, 3.05) is 0 Å². The van der Waals surface area contributed by atoms with Gasteiger partial charge in [0.25, 0.3) is 0 Å². The van der Waals surface area contributed by atoms with Crippen molar-refractivity contribution < 1.29 is 0 Å². The molecule has 2 aromatic rings. The maximum atomic E-state index is 5.61. The molecule has 2 heterocycles. The van der Waals surface area contributed by atoms with Gasteiger partial charge in [-0.2, -0.15) is 0 Å². The zero-order chi connectivity index (χ0) is 10.7. The zero-order valence-corrected chi connectivity index (χ0v) is 8.59. The van der Waals surface area contributed by atoms with E-state index in [9.17, 15) is 0 Å². The maximum absolute atomic E-state index is 5.61. The van der Waals surface area contributed by atoms with Gasteiger partial charge in [0.15, 0.2) is 0 Å². The van der Waals surface area contributed by atoms with Crippen molar-refractivity contribution in [1.29, 1.82) is 0 Å². The van der Waals surface area contributed by atoms with E-state index in [1.165, 1.54) is 0 Å². The SMILES string of the molecule is CCn1nnc(CN)c1-c1ccccn1. The molecule has 0 atom stereocenters. The third-order valence-corrected chi connectivity index (χ3v) is 2.21. The van der Waals surface area contributed by atoms with Gasteiger partial charge in [-0.15, -0.1) is 5.10 Å². The van der Waals surface area contributed by atoms with Crippen LogP contribution in [0.2, 0.25) is 0 Å². The Kier molecular flexibility index (Phi) is 2.73. The Morgan fingerprint density at radius 3 is 2.87 bits per heavy atom. The quantitative estimate of drug-likeness (QED) is 0.801. The van der Waals surface area contributed by atoms with Crippen molar-refractivity contribution in [3.63, 3.8) is 0 Å². The first-order valence-electron chi connectivity index (χ1n) is 4.90. The predicted molar refractivity (Wildman–Crippen MR) is 56.8 cm³/mol. The first-order valence-corrected chi connectivity index (χ1v) is 4.90. The third-order valence-electron chi connectivity index (χ3n) is 2.21. The van der Waals surface area contributed by atoms with Crippen LogP contribution < -0.4 is 5.73 Å². The van der Waals surface area contributed by atoms with Gasteiger partial charge in [-0.25, -0.2) is 4.68 Å². The molecule has 0 bridgehead atoms. The second-order valence-electron chi connectivity index (χ2n) is 3.12. The summed E-state index contributed by atoms with van der Waals surface area (Å²) in [6.07, 6.45) is 1.75. The fourth-order valence-corrected chi connectivity index (χ4v) is 1.49. The van der Waals surface area contributed by atoms with Crippen LogP contribution in [0, 0.1) is 0 Å². The highest BCUT2D eigenvalue weighted by Gasteiger charge is 2.13. The van der Waals surface area contributed by atoms with Crippen LogP contribution in [0.15, 0.2) is 24.4 Å². The molecule has 0 aliphatic heterocycles. The van der Waals surface area contributed by atoms with E-state index in [0.717, 1.165) is 23.6 Å². The molecule has 0 saturated heterocycles. The van der Waals surface area contributed by atoms with Gasteiger partial charge in [0.2, 0.25) is 0 Å². The molecular weight excluding hydrogens is 190 g/mol. The predicted octanol–water partition coefficient (Wildman–Crippen LogP) is 0.819. The fourth-order valence-electron chi connectivity index (χ4n) is 1.49. The minimum atomic E-state index is 0.381. The maximum Gasteiger partial charge on any atom is 0.111 e. The lowest BCUT2D eigenvalue weighted by Crippen LogP contribution is -2.03. The van der Waals surface area contributed by atoms with E-state index in [2.05, 4.69) is 15.3 Å². The van der Waals surface area contributed by atoms with E-state index in [4.69, 9.17) is 5.73 Å². The highest BCUT2D eigenvalue weighted by Crippen LogP contribution is 2.18. The lowest BCUT2D eigenvalue weighted by atomic mass is 10.2. The Bertz CT molecular complexity index is 413. The monoisotopic (exact) mass is 203 g/mol. The molecule has 78 valence electrons. The summed E-state index contributed by atoms with van der Waals surface area (Å²) in [7, 11) is 0. The summed E-state index contributed by atoms with van der Waals surface area (Å²) < 4.78 is 1.81. The first-order chi connectivity index (χ1) is 7.36. The molecule has 5 heteroatoms. The third kappa shape index (κ3) is 1.73. The topological polar surface area (TPSA) is 69.6 Å². The van der Waals surface area contributed by atoms with Gasteiger partial charge in [-0.1, -0.05) is 11.3 Å². The summed E-state index contributed by atoms with van der Waals surface area (Å²) >= 11 is 0. The number of nitrogens with two attached hydrogens (primary N) is 1. The molecule has 0 amide bonds. The van der Waals surface area contributed by atoms with Crippen molar-refractivity contribution in [3.05, 3.63) is 30.1 Å². The van der Waals surface area contributed by atoms with Crippen LogP contribution in [-0.2, 0) is 13.1 Å². The molecule has 0 radical (unpaired) electrons. The number of rotatable bonds is 3. The number of hydrogen-bond donors (Lipinski definition) is 1. The summed E-state index contributed by atoms with van der Waals surface area (Å²) in [5.41, 5.74) is 8.18. The van der Waals surface area contributed by atoms with Crippen molar-refractivity contribution in [3.8, 4) is 11.4 Å². The lowest BCUT2D eigenvalue weighted by molar-refractivity contribution is 0.631. The van der Waals surface area contributed by atoms with Crippen LogP contribution in [-0.4, -0.2) is 20.0 Å². The molecule has 0 unspecified atom stereocenters. The van der Waals surface area contributed by atoms with Gasteiger partial charge in [0.05, 0.1) is 5.69 Å². The van der Waals surface area contributed by atoms with Crippen LogP contribution >= 0.6 is 0 Å². The van der Waals surface area contributed by atoms with Crippen molar-refractivity contribution in [1.82, 2.24) is 20.0 Å². The van der Waals surface area contributed by atoms with E-state index >= 15 is 0 Å². The van der Waals surface area contributed by atoms with Crippen LogP contribution in [0.25, 0.3) is 11.4 Å². The number of nitrogens with zero attached hydrogens (tertiary/aromatic N) is 4. The average Bonchev–Trinajstić information content (AvgIpc) is 2.72. The number of pyridine rings is 1. The van der Waals surface area contributed by atoms with Crippen molar-refractivity contribution in [2.45, 2.75) is 20.0 Å². The average molecular weight is 203 g/mol. The van der Waals surface area contributed by atoms with Gasteiger partial charge >= 0.3 is 0 Å². The molecule has 0 aliphatic rings. The van der Waals surface area contributed by atoms with Crippen LogP contribution in [0.4, 0.5) is 0 Å². The largest absolute Gasteiger partial charge is 0.325 e. The molecule has 2 N–H and O–H groups in total. The van der Waals surface area contributed by atoms with E-state index < -0.39 is 0 Å². The fraction of sp³-hybridized carbons (Fsp3) is 0.300. The second-order valence-corrected chi connectivity index (χ2v) is 3.12. The Hall–Kier alpha value is -1.75. The standard InChI is InChI=1S/C10H13N5/c1-2-15-10(9(7-11)13-14-15)8-5-3-4-6-12-8/h3-6H,2,7,11H2,1H3. The molecule has 5 nitrogen and oxygen atoms in total. The molecule has 0 aromatic carbocycles. The molecule has 0 aliphatic carbocycles. The number of aromatic nitrogens is 4. The molecule has 2 rings (SSSR count). The number of hydrogen-bond acceptors (Lipinski definition) is 4. The van der Waals surface area contributed by atoms with Crippen LogP contribution in [0.5, 0.6) is 0 Å². The molecule has 0 saturated carbocycles. The molecule has 2 aromatic heterocycles. The summed E-state index contributed by atoms with van der Waals surface area (Å²) in [5.74, 6) is 0. The summed E-state index contributed by atoms with van der Waals surface area (Å²) in [4.78, 5) is 4.28. The summed E-state index contributed by atoms with van der Waals surface area (Å²) in [5, 5.41) is 8.06.